The smallest absolute Gasteiger partial charge is 0.257 e. The standard InChI is InChI=1S/C28H21N3O2S/c32-27(30-28-29-25(17-34-28)20-8-2-1-3-9-20)21-10-6-11-22(15-21)31-16-24-23-12-5-4-7-19(23)13-14-26(24)33-18-31/h1-15,17H,16,18H2,(H,29,30,32). The second-order valence-electron chi connectivity index (χ2n) is 8.14. The number of fused-ring (bicyclic) bond motifs is 3. The van der Waals surface area contributed by atoms with E-state index in [0.717, 1.165) is 28.3 Å². The van der Waals surface area contributed by atoms with Crippen LogP contribution in [-0.2, 0) is 6.54 Å². The Kier molecular flexibility index (Phi) is 5.20. The summed E-state index contributed by atoms with van der Waals surface area (Å²) in [6.07, 6.45) is 0. The van der Waals surface area contributed by atoms with Crippen molar-refractivity contribution in [3.05, 3.63) is 108 Å². The highest BCUT2D eigenvalue weighted by molar-refractivity contribution is 7.14. The SMILES string of the molecule is O=C(Nc1nc(-c2ccccc2)cs1)c1cccc(N2COc3ccc4ccccc4c3C2)c1. The Morgan fingerprint density at radius 2 is 1.79 bits per heavy atom. The molecule has 6 rings (SSSR count). The molecule has 1 amide bonds. The lowest BCUT2D eigenvalue weighted by atomic mass is 10.0. The molecule has 4 aromatic carbocycles. The number of anilines is 2. The molecule has 0 unspecified atom stereocenters. The molecule has 0 fully saturated rings. The second kappa shape index (κ2) is 8.65. The Hall–Kier alpha value is -4.16. The first kappa shape index (κ1) is 20.4. The van der Waals surface area contributed by atoms with Crippen molar-refractivity contribution < 1.29 is 9.53 Å². The fourth-order valence-corrected chi connectivity index (χ4v) is 4.96. The zero-order valence-corrected chi connectivity index (χ0v) is 19.1. The van der Waals surface area contributed by atoms with Gasteiger partial charge in [-0.05, 0) is 35.0 Å². The average molecular weight is 464 g/mol. The third-order valence-electron chi connectivity index (χ3n) is 5.99. The third-order valence-corrected chi connectivity index (χ3v) is 6.75. The molecule has 0 saturated heterocycles. The van der Waals surface area contributed by atoms with Crippen molar-refractivity contribution in [3.8, 4) is 17.0 Å². The van der Waals surface area contributed by atoms with Crippen LogP contribution in [0.4, 0.5) is 10.8 Å². The molecule has 1 aliphatic heterocycles. The molecule has 0 radical (unpaired) electrons. The number of aromatic nitrogens is 1. The van der Waals surface area contributed by atoms with E-state index in [4.69, 9.17) is 4.74 Å². The summed E-state index contributed by atoms with van der Waals surface area (Å²) in [5, 5.41) is 7.85. The first-order valence-corrected chi connectivity index (χ1v) is 11.9. The van der Waals surface area contributed by atoms with Gasteiger partial charge in [0.15, 0.2) is 11.9 Å². The van der Waals surface area contributed by atoms with E-state index in [1.54, 1.807) is 0 Å². The van der Waals surface area contributed by atoms with E-state index in [0.29, 0.717) is 24.0 Å². The van der Waals surface area contributed by atoms with Gasteiger partial charge in [0.2, 0.25) is 0 Å². The molecular weight excluding hydrogens is 442 g/mol. The molecule has 0 spiro atoms. The van der Waals surface area contributed by atoms with E-state index in [-0.39, 0.29) is 5.91 Å². The van der Waals surface area contributed by atoms with Gasteiger partial charge in [-0.1, -0.05) is 66.7 Å². The molecule has 34 heavy (non-hydrogen) atoms. The van der Waals surface area contributed by atoms with Crippen LogP contribution in [0, 0.1) is 0 Å². The number of rotatable bonds is 4. The maximum atomic E-state index is 13.0. The Morgan fingerprint density at radius 1 is 0.941 bits per heavy atom. The summed E-state index contributed by atoms with van der Waals surface area (Å²) in [6.45, 7) is 1.15. The molecule has 0 saturated carbocycles. The summed E-state index contributed by atoms with van der Waals surface area (Å²) in [7, 11) is 0. The highest BCUT2D eigenvalue weighted by Crippen LogP contribution is 2.34. The minimum atomic E-state index is -0.181. The maximum absolute atomic E-state index is 13.0. The van der Waals surface area contributed by atoms with Gasteiger partial charge in [0.25, 0.3) is 5.91 Å². The summed E-state index contributed by atoms with van der Waals surface area (Å²) < 4.78 is 6.06. The lowest BCUT2D eigenvalue weighted by molar-refractivity contribution is 0.102. The lowest BCUT2D eigenvalue weighted by Gasteiger charge is -2.31. The van der Waals surface area contributed by atoms with Gasteiger partial charge in [-0.2, -0.15) is 0 Å². The lowest BCUT2D eigenvalue weighted by Crippen LogP contribution is -2.32. The number of hydrogen-bond acceptors (Lipinski definition) is 5. The predicted octanol–water partition coefficient (Wildman–Crippen LogP) is 6.57. The van der Waals surface area contributed by atoms with E-state index in [1.165, 1.54) is 22.1 Å². The Labute approximate surface area is 201 Å². The Morgan fingerprint density at radius 3 is 2.71 bits per heavy atom. The van der Waals surface area contributed by atoms with Crippen molar-refractivity contribution in [3.63, 3.8) is 0 Å². The van der Waals surface area contributed by atoms with Crippen LogP contribution in [0.1, 0.15) is 15.9 Å². The quantitative estimate of drug-likeness (QED) is 0.327. The van der Waals surface area contributed by atoms with Crippen molar-refractivity contribution in [2.24, 2.45) is 0 Å². The van der Waals surface area contributed by atoms with E-state index >= 15 is 0 Å². The van der Waals surface area contributed by atoms with Gasteiger partial charge < -0.3 is 9.64 Å². The van der Waals surface area contributed by atoms with Crippen molar-refractivity contribution >= 4 is 38.8 Å². The largest absolute Gasteiger partial charge is 0.473 e. The van der Waals surface area contributed by atoms with Crippen molar-refractivity contribution in [1.29, 1.82) is 0 Å². The van der Waals surface area contributed by atoms with Crippen LogP contribution in [-0.4, -0.2) is 17.6 Å². The topological polar surface area (TPSA) is 54.5 Å². The van der Waals surface area contributed by atoms with Crippen molar-refractivity contribution in [2.75, 3.05) is 16.9 Å². The summed E-state index contributed by atoms with van der Waals surface area (Å²) in [5.41, 5.74) is 4.56. The number of nitrogens with zero attached hydrogens (tertiary/aromatic N) is 2. The summed E-state index contributed by atoms with van der Waals surface area (Å²) in [6, 6.07) is 30.0. The third kappa shape index (κ3) is 3.89. The number of thiazole rings is 1. The maximum Gasteiger partial charge on any atom is 0.257 e. The molecule has 1 N–H and O–H groups in total. The van der Waals surface area contributed by atoms with Crippen LogP contribution in [0.3, 0.4) is 0 Å². The monoisotopic (exact) mass is 463 g/mol. The Balaban J connectivity index is 1.22. The first-order valence-electron chi connectivity index (χ1n) is 11.1. The molecule has 5 aromatic rings. The number of carbonyl (C=O) groups excluding carboxylic acids is 1. The average Bonchev–Trinajstić information content (AvgIpc) is 3.37. The van der Waals surface area contributed by atoms with Gasteiger partial charge in [-0.3, -0.25) is 10.1 Å². The molecule has 6 heteroatoms. The van der Waals surface area contributed by atoms with Gasteiger partial charge >= 0.3 is 0 Å². The number of amides is 1. The highest BCUT2D eigenvalue weighted by atomic mass is 32.1. The van der Waals surface area contributed by atoms with E-state index in [2.05, 4.69) is 33.4 Å². The van der Waals surface area contributed by atoms with Crippen LogP contribution in [0.5, 0.6) is 5.75 Å². The van der Waals surface area contributed by atoms with Crippen molar-refractivity contribution in [1.82, 2.24) is 4.98 Å². The molecule has 0 aliphatic carbocycles. The first-order chi connectivity index (χ1) is 16.7. The van der Waals surface area contributed by atoms with Crippen LogP contribution >= 0.6 is 11.3 Å². The van der Waals surface area contributed by atoms with Crippen LogP contribution in [0.25, 0.3) is 22.0 Å². The van der Waals surface area contributed by atoms with Gasteiger partial charge in [0.05, 0.1) is 12.2 Å². The number of carbonyl (C=O) groups is 1. The summed E-state index contributed by atoms with van der Waals surface area (Å²) >= 11 is 1.42. The molecular formula is C28H21N3O2S. The van der Waals surface area contributed by atoms with Crippen LogP contribution in [0.2, 0.25) is 0 Å². The molecule has 166 valence electrons. The molecule has 0 bridgehead atoms. The number of benzene rings is 4. The zero-order valence-electron chi connectivity index (χ0n) is 18.3. The van der Waals surface area contributed by atoms with Crippen LogP contribution < -0.4 is 15.0 Å². The molecule has 1 aromatic heterocycles. The fourth-order valence-electron chi connectivity index (χ4n) is 4.25. The number of nitrogens with one attached hydrogen (secondary N) is 1. The minimum absolute atomic E-state index is 0.181. The fraction of sp³-hybridized carbons (Fsp3) is 0.0714. The summed E-state index contributed by atoms with van der Waals surface area (Å²) in [4.78, 5) is 19.7. The van der Waals surface area contributed by atoms with Crippen LogP contribution in [0.15, 0.2) is 96.4 Å². The molecule has 1 aliphatic rings. The van der Waals surface area contributed by atoms with E-state index in [9.17, 15) is 4.79 Å². The normalized spacial score (nSPS) is 12.8. The predicted molar refractivity (Wildman–Crippen MR) is 138 cm³/mol. The number of hydrogen-bond donors (Lipinski definition) is 1. The van der Waals surface area contributed by atoms with Gasteiger partial charge in [0.1, 0.15) is 5.75 Å². The zero-order chi connectivity index (χ0) is 22.9. The van der Waals surface area contributed by atoms with Gasteiger partial charge in [-0.15, -0.1) is 11.3 Å². The molecule has 0 atom stereocenters. The molecule has 5 nitrogen and oxygen atoms in total. The van der Waals surface area contributed by atoms with Crippen molar-refractivity contribution in [2.45, 2.75) is 6.54 Å². The van der Waals surface area contributed by atoms with Gasteiger partial charge in [0, 0.05) is 27.8 Å². The molecule has 2 heterocycles. The highest BCUT2D eigenvalue weighted by Gasteiger charge is 2.21. The van der Waals surface area contributed by atoms with Gasteiger partial charge in [-0.25, -0.2) is 4.98 Å². The van der Waals surface area contributed by atoms with E-state index in [1.807, 2.05) is 78.2 Å². The minimum Gasteiger partial charge on any atom is -0.473 e. The number of ether oxygens (including phenoxy) is 1. The summed E-state index contributed by atoms with van der Waals surface area (Å²) in [5.74, 6) is 0.737. The second-order valence-corrected chi connectivity index (χ2v) is 9.00. The Bertz CT molecular complexity index is 1500. The van der Waals surface area contributed by atoms with E-state index < -0.39 is 0 Å².